The first kappa shape index (κ1) is 14.0. The molecule has 0 amide bonds. The van der Waals surface area contributed by atoms with Gasteiger partial charge in [-0.05, 0) is 30.7 Å². The predicted octanol–water partition coefficient (Wildman–Crippen LogP) is 3.90. The lowest BCUT2D eigenvalue weighted by Gasteiger charge is -2.14. The maximum Gasteiger partial charge on any atom is 0.123 e. The topological polar surface area (TPSA) is 47.3 Å². The molecule has 0 aliphatic heterocycles. The van der Waals surface area contributed by atoms with Crippen molar-refractivity contribution < 1.29 is 4.74 Å². The minimum absolute atomic E-state index is 0.156. The molecule has 0 spiro atoms. The fourth-order valence-corrected chi connectivity index (χ4v) is 2.77. The quantitative estimate of drug-likeness (QED) is 0.809. The summed E-state index contributed by atoms with van der Waals surface area (Å²) in [5.74, 6) is 0.828. The van der Waals surface area contributed by atoms with Crippen molar-refractivity contribution in [3.63, 3.8) is 0 Å². The third-order valence-electron chi connectivity index (χ3n) is 4.63. The lowest BCUT2D eigenvalue weighted by molar-refractivity contribution is 0.242. The first-order valence-corrected chi connectivity index (χ1v) is 6.98. The lowest BCUT2D eigenvalue weighted by atomic mass is 10.0. The highest BCUT2D eigenvalue weighted by molar-refractivity contribution is 5.60. The van der Waals surface area contributed by atoms with E-state index in [1.807, 2.05) is 32.0 Å². The molecule has 1 aliphatic rings. The summed E-state index contributed by atoms with van der Waals surface area (Å²) >= 11 is 0. The molecule has 1 aromatic rings. The van der Waals surface area contributed by atoms with Crippen LogP contribution >= 0.6 is 0 Å². The van der Waals surface area contributed by atoms with E-state index in [1.165, 1.54) is 0 Å². The van der Waals surface area contributed by atoms with Gasteiger partial charge in [0.1, 0.15) is 5.75 Å². The second-order valence-corrected chi connectivity index (χ2v) is 6.98. The number of rotatable bonds is 4. The van der Waals surface area contributed by atoms with Crippen LogP contribution in [0.3, 0.4) is 0 Å². The molecule has 0 radical (unpaired) electrons. The normalized spacial score (nSPS) is 20.4. The summed E-state index contributed by atoms with van der Waals surface area (Å²) in [6, 6.07) is 6.33. The standard InChI is InChI=1S/C16H26N2O/c1-10(2)19-13-8-11(17)7-12(9-13)18-14-15(3,4)16(14,5)6/h7-10,14,18H,17H2,1-6H3. The smallest absolute Gasteiger partial charge is 0.123 e. The van der Waals surface area contributed by atoms with E-state index in [0.717, 1.165) is 17.1 Å². The van der Waals surface area contributed by atoms with Gasteiger partial charge < -0.3 is 15.8 Å². The molecule has 1 aromatic carbocycles. The van der Waals surface area contributed by atoms with Gasteiger partial charge in [-0.1, -0.05) is 27.7 Å². The number of nitrogens with one attached hydrogen (secondary N) is 1. The molecule has 106 valence electrons. The average molecular weight is 262 g/mol. The van der Waals surface area contributed by atoms with E-state index in [2.05, 4.69) is 33.0 Å². The first-order valence-electron chi connectivity index (χ1n) is 6.98. The number of ether oxygens (including phenoxy) is 1. The number of nitrogens with two attached hydrogens (primary N) is 1. The van der Waals surface area contributed by atoms with Crippen molar-refractivity contribution in [2.24, 2.45) is 10.8 Å². The van der Waals surface area contributed by atoms with E-state index in [4.69, 9.17) is 10.5 Å². The fourth-order valence-electron chi connectivity index (χ4n) is 2.77. The third-order valence-corrected chi connectivity index (χ3v) is 4.63. The van der Waals surface area contributed by atoms with Gasteiger partial charge in [0.05, 0.1) is 6.10 Å². The van der Waals surface area contributed by atoms with Crippen LogP contribution in [0.4, 0.5) is 11.4 Å². The Morgan fingerprint density at radius 1 is 1.11 bits per heavy atom. The molecule has 0 unspecified atom stereocenters. The van der Waals surface area contributed by atoms with Gasteiger partial charge in [-0.3, -0.25) is 0 Å². The van der Waals surface area contributed by atoms with Crippen molar-refractivity contribution in [1.82, 2.24) is 0 Å². The first-order chi connectivity index (χ1) is 8.64. The number of hydrogen-bond acceptors (Lipinski definition) is 3. The molecule has 1 saturated carbocycles. The molecule has 2 rings (SSSR count). The maximum absolute atomic E-state index is 5.95. The van der Waals surface area contributed by atoms with Gasteiger partial charge in [0.15, 0.2) is 0 Å². The summed E-state index contributed by atoms with van der Waals surface area (Å²) in [5, 5.41) is 3.59. The molecule has 3 nitrogen and oxygen atoms in total. The summed E-state index contributed by atoms with van der Waals surface area (Å²) in [6.45, 7) is 13.2. The SMILES string of the molecule is CC(C)Oc1cc(N)cc(NC2C(C)(C)C2(C)C)c1. The van der Waals surface area contributed by atoms with Crippen LogP contribution in [0.1, 0.15) is 41.5 Å². The summed E-state index contributed by atoms with van der Waals surface area (Å²) in [4.78, 5) is 0. The summed E-state index contributed by atoms with van der Waals surface area (Å²) < 4.78 is 5.72. The van der Waals surface area contributed by atoms with Gasteiger partial charge in [-0.2, -0.15) is 0 Å². The molecular weight excluding hydrogens is 236 g/mol. The molecule has 3 heteroatoms. The third kappa shape index (κ3) is 2.51. The Labute approximate surface area is 116 Å². The highest BCUT2D eigenvalue weighted by Crippen LogP contribution is 2.63. The van der Waals surface area contributed by atoms with Gasteiger partial charge in [0.25, 0.3) is 0 Å². The van der Waals surface area contributed by atoms with Crippen LogP contribution in [0.2, 0.25) is 0 Å². The van der Waals surface area contributed by atoms with E-state index in [-0.39, 0.29) is 6.10 Å². The van der Waals surface area contributed by atoms with E-state index in [9.17, 15) is 0 Å². The Morgan fingerprint density at radius 3 is 2.16 bits per heavy atom. The monoisotopic (exact) mass is 262 g/mol. The number of nitrogen functional groups attached to an aromatic ring is 1. The zero-order valence-electron chi connectivity index (χ0n) is 12.9. The van der Waals surface area contributed by atoms with Crippen LogP contribution < -0.4 is 15.8 Å². The van der Waals surface area contributed by atoms with E-state index < -0.39 is 0 Å². The van der Waals surface area contributed by atoms with Crippen LogP contribution in [0.25, 0.3) is 0 Å². The van der Waals surface area contributed by atoms with Gasteiger partial charge >= 0.3 is 0 Å². The minimum atomic E-state index is 0.156. The van der Waals surface area contributed by atoms with Crippen molar-refractivity contribution in [2.45, 2.75) is 53.7 Å². The largest absolute Gasteiger partial charge is 0.491 e. The maximum atomic E-state index is 5.95. The summed E-state index contributed by atoms with van der Waals surface area (Å²) in [6.07, 6.45) is 0.156. The van der Waals surface area contributed by atoms with Crippen molar-refractivity contribution >= 4 is 11.4 Å². The minimum Gasteiger partial charge on any atom is -0.491 e. The molecule has 19 heavy (non-hydrogen) atoms. The van der Waals surface area contributed by atoms with Gasteiger partial charge in [0.2, 0.25) is 0 Å². The Morgan fingerprint density at radius 2 is 1.68 bits per heavy atom. The highest BCUT2D eigenvalue weighted by atomic mass is 16.5. The Hall–Kier alpha value is -1.38. The molecule has 0 atom stereocenters. The Balaban J connectivity index is 2.16. The molecular formula is C16H26N2O. The predicted molar refractivity (Wildman–Crippen MR) is 81.6 cm³/mol. The Bertz CT molecular complexity index is 464. The molecule has 1 fully saturated rings. The average Bonchev–Trinajstić information content (AvgIpc) is 2.59. The van der Waals surface area contributed by atoms with Crippen LogP contribution in [-0.2, 0) is 0 Å². The van der Waals surface area contributed by atoms with Crippen molar-refractivity contribution in [3.8, 4) is 5.75 Å². The van der Waals surface area contributed by atoms with Gasteiger partial charge in [-0.25, -0.2) is 0 Å². The summed E-state index contributed by atoms with van der Waals surface area (Å²) in [5.41, 5.74) is 8.33. The van der Waals surface area contributed by atoms with E-state index >= 15 is 0 Å². The van der Waals surface area contributed by atoms with Crippen LogP contribution in [-0.4, -0.2) is 12.1 Å². The molecule has 0 bridgehead atoms. The van der Waals surface area contributed by atoms with Gasteiger partial charge in [-0.15, -0.1) is 0 Å². The fraction of sp³-hybridized carbons (Fsp3) is 0.625. The van der Waals surface area contributed by atoms with Crippen molar-refractivity contribution in [3.05, 3.63) is 18.2 Å². The van der Waals surface area contributed by atoms with E-state index in [1.54, 1.807) is 0 Å². The van der Waals surface area contributed by atoms with Crippen LogP contribution in [0.5, 0.6) is 5.75 Å². The lowest BCUT2D eigenvalue weighted by Crippen LogP contribution is -2.11. The number of anilines is 2. The molecule has 1 aliphatic carbocycles. The number of hydrogen-bond donors (Lipinski definition) is 2. The molecule has 0 saturated heterocycles. The second kappa shape index (κ2) is 4.32. The van der Waals surface area contributed by atoms with E-state index in [0.29, 0.717) is 16.9 Å². The van der Waals surface area contributed by atoms with Gasteiger partial charge in [0, 0.05) is 29.5 Å². The number of benzene rings is 1. The molecule has 0 heterocycles. The highest BCUT2D eigenvalue weighted by Gasteiger charge is 2.64. The molecule has 0 aromatic heterocycles. The zero-order valence-corrected chi connectivity index (χ0v) is 12.9. The molecule has 3 N–H and O–H groups in total. The Kier molecular flexibility index (Phi) is 3.20. The second-order valence-electron chi connectivity index (χ2n) is 6.98. The zero-order chi connectivity index (χ0) is 14.4. The summed E-state index contributed by atoms with van der Waals surface area (Å²) in [7, 11) is 0. The van der Waals surface area contributed by atoms with Crippen LogP contribution in [0, 0.1) is 10.8 Å². The van der Waals surface area contributed by atoms with Crippen molar-refractivity contribution in [2.75, 3.05) is 11.1 Å². The van der Waals surface area contributed by atoms with Crippen LogP contribution in [0.15, 0.2) is 18.2 Å². The van der Waals surface area contributed by atoms with Crippen molar-refractivity contribution in [1.29, 1.82) is 0 Å².